The molecule has 0 saturated carbocycles. The van der Waals surface area contributed by atoms with Crippen LogP contribution in [0, 0.1) is 0 Å². The first-order valence-electron chi connectivity index (χ1n) is 11.6. The molecule has 2 rings (SSSR count). The van der Waals surface area contributed by atoms with E-state index < -0.39 is 51.1 Å². The molecule has 124 valence electrons. The molecule has 2 unspecified atom stereocenters. The highest BCUT2D eigenvalue weighted by molar-refractivity contribution is 7.54. The molecule has 7 heteroatoms. The quantitative estimate of drug-likeness (QED) is 0.740. The SMILES string of the molecule is [2H]C1([2H])CCN(C(C)c2ccccc2)P(=O)(N(C([2H])([2H])C([2H])([2H])O)C([2H])([2H])C([2H])([2H])O)O1. The van der Waals surface area contributed by atoms with Crippen LogP contribution >= 0.6 is 7.67 Å². The molecule has 0 aromatic heterocycles. The molecule has 0 spiro atoms. The first-order valence-corrected chi connectivity index (χ1v) is 8.10. The standard InChI is InChI=1S/C15H25N2O4P/c1-14(15-6-3-2-4-7-15)17-8-5-13-21-22(17,20)16(9-11-18)10-12-19/h2-4,6-7,14,18-19H,5,8-13H2,1H3/i9D2,10D2,11D2,12D2,13D2. The molecule has 6 nitrogen and oxygen atoms in total. The summed E-state index contributed by atoms with van der Waals surface area (Å²) in [5.41, 5.74) is 0.485. The average Bonchev–Trinajstić information content (AvgIpc) is 2.58. The lowest BCUT2D eigenvalue weighted by Gasteiger charge is -2.43. The third-order valence-corrected chi connectivity index (χ3v) is 5.51. The van der Waals surface area contributed by atoms with Crippen molar-refractivity contribution < 1.29 is 33.0 Å². The number of nitrogens with zero attached hydrogens (tertiary/aromatic N) is 2. The Balaban J connectivity index is 2.81. The zero-order valence-corrected chi connectivity index (χ0v) is 12.8. The van der Waals surface area contributed by atoms with Gasteiger partial charge in [0.25, 0.3) is 0 Å². The van der Waals surface area contributed by atoms with Gasteiger partial charge in [0.15, 0.2) is 0 Å². The number of aliphatic hydroxyl groups is 2. The van der Waals surface area contributed by atoms with E-state index in [2.05, 4.69) is 0 Å². The van der Waals surface area contributed by atoms with Gasteiger partial charge in [0.05, 0.1) is 27.9 Å². The minimum Gasteiger partial charge on any atom is -0.395 e. The van der Waals surface area contributed by atoms with Crippen LogP contribution in [0.25, 0.3) is 0 Å². The Kier molecular flexibility index (Phi) is 3.12. The number of benzene rings is 1. The van der Waals surface area contributed by atoms with Gasteiger partial charge >= 0.3 is 7.67 Å². The van der Waals surface area contributed by atoms with E-state index in [9.17, 15) is 14.8 Å². The molecule has 2 atom stereocenters. The fourth-order valence-electron chi connectivity index (χ4n) is 2.19. The van der Waals surface area contributed by atoms with E-state index in [0.29, 0.717) is 5.56 Å². The number of hydrogen-bond donors (Lipinski definition) is 2. The highest BCUT2D eigenvalue weighted by atomic mass is 31.2. The molecule has 1 aliphatic rings. The van der Waals surface area contributed by atoms with E-state index in [-0.39, 0.29) is 13.0 Å². The monoisotopic (exact) mass is 338 g/mol. The Morgan fingerprint density at radius 3 is 2.64 bits per heavy atom. The first-order chi connectivity index (χ1) is 14.2. The minimum absolute atomic E-state index is 0.383. The molecular weight excluding hydrogens is 303 g/mol. The minimum atomic E-state index is -5.37. The molecule has 0 amide bonds. The molecule has 1 heterocycles. The molecule has 1 aliphatic heterocycles. The third-order valence-electron chi connectivity index (χ3n) is 3.24. The zero-order valence-electron chi connectivity index (χ0n) is 21.9. The molecule has 1 aromatic carbocycles. The molecule has 2 N–H and O–H groups in total. The van der Waals surface area contributed by atoms with Crippen LogP contribution < -0.4 is 0 Å². The van der Waals surface area contributed by atoms with Gasteiger partial charge in [-0.2, -0.15) is 0 Å². The first kappa shape index (κ1) is 8.38. The summed E-state index contributed by atoms with van der Waals surface area (Å²) in [6.45, 7) is -17.4. The van der Waals surface area contributed by atoms with Crippen molar-refractivity contribution in [3.05, 3.63) is 35.9 Å². The Morgan fingerprint density at radius 2 is 2.05 bits per heavy atom. The summed E-state index contributed by atoms with van der Waals surface area (Å²) in [4.78, 5) is 0. The number of hydrogen-bond acceptors (Lipinski definition) is 4. The van der Waals surface area contributed by atoms with Crippen molar-refractivity contribution in [3.63, 3.8) is 0 Å². The van der Waals surface area contributed by atoms with E-state index in [1.54, 1.807) is 30.3 Å². The Morgan fingerprint density at radius 1 is 1.41 bits per heavy atom. The van der Waals surface area contributed by atoms with Gasteiger partial charge in [0, 0.05) is 31.1 Å². The third kappa shape index (κ3) is 3.77. The summed E-state index contributed by atoms with van der Waals surface area (Å²) in [5.74, 6) is 0. The maximum absolute atomic E-state index is 14.2. The van der Waals surface area contributed by atoms with Gasteiger partial charge in [0.2, 0.25) is 0 Å². The second-order valence-electron chi connectivity index (χ2n) is 4.48. The van der Waals surface area contributed by atoms with Crippen LogP contribution in [0.15, 0.2) is 30.3 Å². The highest BCUT2D eigenvalue weighted by Crippen LogP contribution is 2.59. The maximum Gasteiger partial charge on any atom is 0.346 e. The zero-order chi connectivity index (χ0) is 25.0. The Hall–Kier alpha value is -0.750. The van der Waals surface area contributed by atoms with Crippen molar-refractivity contribution in [2.45, 2.75) is 19.4 Å². The summed E-state index contributed by atoms with van der Waals surface area (Å²) in [6, 6.07) is 7.23. The van der Waals surface area contributed by atoms with Crippen molar-refractivity contribution >= 4 is 7.67 Å². The smallest absolute Gasteiger partial charge is 0.346 e. The van der Waals surface area contributed by atoms with Crippen LogP contribution in [-0.2, 0) is 9.09 Å². The lowest BCUT2D eigenvalue weighted by atomic mass is 10.1. The second-order valence-corrected chi connectivity index (χ2v) is 6.56. The van der Waals surface area contributed by atoms with Gasteiger partial charge in [-0.3, -0.25) is 4.57 Å². The van der Waals surface area contributed by atoms with Crippen molar-refractivity contribution in [3.8, 4) is 0 Å². The summed E-state index contributed by atoms with van der Waals surface area (Å²) in [6.07, 6.45) is -0.383. The molecule has 1 aromatic rings. The van der Waals surface area contributed by atoms with Crippen LogP contribution in [0.5, 0.6) is 0 Å². The van der Waals surface area contributed by atoms with Crippen LogP contribution in [0.3, 0.4) is 0 Å². The second kappa shape index (κ2) is 8.20. The lowest BCUT2D eigenvalue weighted by molar-refractivity contribution is 0.126. The average molecular weight is 338 g/mol. The fraction of sp³-hybridized carbons (Fsp3) is 0.600. The normalized spacial score (nSPS) is 36.2. The number of rotatable bonds is 7. The van der Waals surface area contributed by atoms with Crippen molar-refractivity contribution in [1.29, 1.82) is 0 Å². The van der Waals surface area contributed by atoms with E-state index in [4.69, 9.17) is 18.2 Å². The summed E-state index contributed by atoms with van der Waals surface area (Å²) < 4.78 is 97.3. The van der Waals surface area contributed by atoms with Gasteiger partial charge in [-0.15, -0.1) is 0 Å². The van der Waals surface area contributed by atoms with Crippen molar-refractivity contribution in [2.75, 3.05) is 39.2 Å². The van der Waals surface area contributed by atoms with Gasteiger partial charge in [-0.25, -0.2) is 9.34 Å². The van der Waals surface area contributed by atoms with Crippen molar-refractivity contribution in [2.24, 2.45) is 0 Å². The molecule has 22 heavy (non-hydrogen) atoms. The molecule has 0 aliphatic carbocycles. The van der Waals surface area contributed by atoms with Crippen molar-refractivity contribution in [1.82, 2.24) is 9.34 Å². The van der Waals surface area contributed by atoms with Gasteiger partial charge in [0.1, 0.15) is 0 Å². The van der Waals surface area contributed by atoms with E-state index >= 15 is 0 Å². The van der Waals surface area contributed by atoms with Crippen LogP contribution in [0.2, 0.25) is 0 Å². The molecule has 1 saturated heterocycles. The van der Waals surface area contributed by atoms with Gasteiger partial charge in [-0.05, 0) is 18.9 Å². The summed E-state index contributed by atoms with van der Waals surface area (Å²) in [5, 5.41) is 19.6. The Labute approximate surface area is 145 Å². The topological polar surface area (TPSA) is 73.2 Å². The van der Waals surface area contributed by atoms with Crippen LogP contribution in [0.1, 0.15) is 38.7 Å². The predicted octanol–water partition coefficient (Wildman–Crippen LogP) is 1.86. The summed E-state index contributed by atoms with van der Waals surface area (Å²) in [7, 11) is -5.37. The largest absolute Gasteiger partial charge is 0.395 e. The molecular formula is C15H25N2O4P. The van der Waals surface area contributed by atoms with Gasteiger partial charge < -0.3 is 14.7 Å². The molecule has 0 radical (unpaired) electrons. The van der Waals surface area contributed by atoms with E-state index in [0.717, 1.165) is 4.67 Å². The van der Waals surface area contributed by atoms with E-state index in [1.165, 1.54) is 6.92 Å². The van der Waals surface area contributed by atoms with Crippen LogP contribution in [0.4, 0.5) is 0 Å². The van der Waals surface area contributed by atoms with E-state index in [1.807, 2.05) is 0 Å². The molecule has 1 fully saturated rings. The summed E-state index contributed by atoms with van der Waals surface area (Å²) >= 11 is 0. The predicted molar refractivity (Wildman–Crippen MR) is 85.5 cm³/mol. The Bertz CT molecular complexity index is 836. The lowest BCUT2D eigenvalue weighted by Crippen LogP contribution is -2.40. The van der Waals surface area contributed by atoms with Gasteiger partial charge in [-0.1, -0.05) is 30.3 Å². The van der Waals surface area contributed by atoms with Crippen LogP contribution in [-0.4, -0.2) is 58.8 Å². The fourth-order valence-corrected chi connectivity index (χ4v) is 4.13. The highest BCUT2D eigenvalue weighted by Gasteiger charge is 2.43. The maximum atomic E-state index is 14.2. The molecule has 0 bridgehead atoms.